The molecule has 0 unspecified atom stereocenters. The van der Waals surface area contributed by atoms with E-state index in [2.05, 4.69) is 46.8 Å². The highest BCUT2D eigenvalue weighted by molar-refractivity contribution is 9.11. The van der Waals surface area contributed by atoms with E-state index in [4.69, 9.17) is 11.6 Å². The first-order chi connectivity index (χ1) is 8.93. The Hall–Kier alpha value is -0.600. The molecule has 102 valence electrons. The molecule has 0 spiro atoms. The number of halogens is 5. The second-order valence-electron chi connectivity index (χ2n) is 3.67. The highest BCUT2D eigenvalue weighted by Crippen LogP contribution is 2.31. The molecule has 0 fully saturated rings. The number of anilines is 1. The molecule has 19 heavy (non-hydrogen) atoms. The van der Waals surface area contributed by atoms with Crippen LogP contribution in [0.25, 0.3) is 0 Å². The van der Waals surface area contributed by atoms with Crippen LogP contribution in [0.5, 0.6) is 0 Å². The Morgan fingerprint density at radius 3 is 2.63 bits per heavy atom. The van der Waals surface area contributed by atoms with Crippen molar-refractivity contribution in [2.45, 2.75) is 6.92 Å². The highest BCUT2D eigenvalue weighted by atomic mass is 79.9. The molecule has 0 bridgehead atoms. The van der Waals surface area contributed by atoms with Crippen molar-refractivity contribution in [2.24, 2.45) is 4.99 Å². The van der Waals surface area contributed by atoms with Gasteiger partial charge in [0, 0.05) is 4.48 Å². The number of aromatic nitrogens is 2. The molecule has 1 aromatic rings. The van der Waals surface area contributed by atoms with Gasteiger partial charge in [-0.3, -0.25) is 4.90 Å². The minimum atomic E-state index is -0.924. The molecule has 0 aromatic carbocycles. The van der Waals surface area contributed by atoms with Crippen molar-refractivity contribution in [1.82, 2.24) is 9.97 Å². The van der Waals surface area contributed by atoms with Crippen molar-refractivity contribution >= 4 is 55.4 Å². The van der Waals surface area contributed by atoms with Crippen LogP contribution >= 0.6 is 43.5 Å². The second kappa shape index (κ2) is 5.80. The number of rotatable bonds is 2. The van der Waals surface area contributed by atoms with Crippen LogP contribution in [0.4, 0.5) is 14.6 Å². The van der Waals surface area contributed by atoms with Crippen molar-refractivity contribution in [3.05, 3.63) is 26.4 Å². The number of amidine groups is 1. The van der Waals surface area contributed by atoms with Gasteiger partial charge in [0.25, 0.3) is 6.09 Å². The third-order valence-electron chi connectivity index (χ3n) is 2.41. The van der Waals surface area contributed by atoms with Crippen molar-refractivity contribution < 1.29 is 8.78 Å². The highest BCUT2D eigenvalue weighted by Gasteiger charge is 2.26. The van der Waals surface area contributed by atoms with E-state index in [1.165, 1.54) is 0 Å². The Balaban J connectivity index is 2.46. The minimum absolute atomic E-state index is 0.0804. The molecule has 0 saturated heterocycles. The summed E-state index contributed by atoms with van der Waals surface area (Å²) in [6, 6.07) is 0. The van der Waals surface area contributed by atoms with Crippen molar-refractivity contribution in [3.63, 3.8) is 0 Å². The van der Waals surface area contributed by atoms with Crippen LogP contribution in [-0.2, 0) is 0 Å². The van der Waals surface area contributed by atoms with Crippen LogP contribution < -0.4 is 4.90 Å². The van der Waals surface area contributed by atoms with E-state index < -0.39 is 12.2 Å². The van der Waals surface area contributed by atoms with E-state index in [1.807, 2.05) is 0 Å². The summed E-state index contributed by atoms with van der Waals surface area (Å²) in [6.07, 6.45) is -1.72. The largest absolute Gasteiger partial charge is 0.310 e. The summed E-state index contributed by atoms with van der Waals surface area (Å²) in [5, 5.41) is 0. The minimum Gasteiger partial charge on any atom is -0.280 e. The van der Waals surface area contributed by atoms with Crippen LogP contribution in [0, 0.1) is 13.0 Å². The summed E-state index contributed by atoms with van der Waals surface area (Å²) in [4.78, 5) is 12.0. The molecule has 0 radical (unpaired) electrons. The predicted molar refractivity (Wildman–Crippen MR) is 77.0 cm³/mol. The molecule has 9 heteroatoms. The van der Waals surface area contributed by atoms with Gasteiger partial charge in [-0.2, -0.15) is 13.8 Å². The van der Waals surface area contributed by atoms with Crippen molar-refractivity contribution in [3.8, 4) is 0 Å². The Morgan fingerprint density at radius 1 is 1.32 bits per heavy atom. The third-order valence-corrected chi connectivity index (χ3v) is 4.30. The van der Waals surface area contributed by atoms with Crippen molar-refractivity contribution in [1.29, 1.82) is 0 Å². The van der Waals surface area contributed by atoms with Crippen LogP contribution in [0.3, 0.4) is 0 Å². The average Bonchev–Trinajstić information content (AvgIpc) is 2.36. The maximum absolute atomic E-state index is 13.9. The third kappa shape index (κ3) is 2.95. The van der Waals surface area contributed by atoms with Crippen LogP contribution in [0.1, 0.15) is 5.69 Å². The summed E-state index contributed by atoms with van der Waals surface area (Å²) in [7, 11) is 0. The SMILES string of the molecule is Cc1nc(F)nc(N2CC(Br)=C(CCl)N=C2F)c1Br. The van der Waals surface area contributed by atoms with Gasteiger partial charge in [0.05, 0.1) is 28.3 Å². The second-order valence-corrected chi connectivity index (χ2v) is 5.69. The van der Waals surface area contributed by atoms with Gasteiger partial charge >= 0.3 is 6.08 Å². The molecule has 0 aliphatic carbocycles. The van der Waals surface area contributed by atoms with Gasteiger partial charge in [0.2, 0.25) is 0 Å². The summed E-state index contributed by atoms with van der Waals surface area (Å²) < 4.78 is 28.2. The molecule has 0 saturated carbocycles. The number of hydrogen-bond donors (Lipinski definition) is 0. The lowest BCUT2D eigenvalue weighted by Crippen LogP contribution is -2.34. The van der Waals surface area contributed by atoms with E-state index in [0.717, 1.165) is 4.90 Å². The maximum atomic E-state index is 13.9. The van der Waals surface area contributed by atoms with E-state index >= 15 is 0 Å². The van der Waals surface area contributed by atoms with E-state index in [0.29, 0.717) is 20.3 Å². The molecule has 2 heterocycles. The predicted octanol–water partition coefficient (Wildman–Crippen LogP) is 3.68. The molecule has 1 aliphatic rings. The Labute approximate surface area is 129 Å². The first-order valence-corrected chi connectivity index (χ1v) is 7.21. The first kappa shape index (κ1) is 14.8. The lowest BCUT2D eigenvalue weighted by atomic mass is 10.3. The molecular weight excluding hydrogens is 409 g/mol. The number of alkyl halides is 1. The molecule has 4 nitrogen and oxygen atoms in total. The van der Waals surface area contributed by atoms with Crippen molar-refractivity contribution in [2.75, 3.05) is 17.3 Å². The fourth-order valence-corrected chi connectivity index (χ4v) is 2.74. The zero-order valence-electron chi connectivity index (χ0n) is 9.59. The summed E-state index contributed by atoms with van der Waals surface area (Å²) >= 11 is 12.1. The summed E-state index contributed by atoms with van der Waals surface area (Å²) in [6.45, 7) is 1.72. The topological polar surface area (TPSA) is 41.4 Å². The fourth-order valence-electron chi connectivity index (χ4n) is 1.48. The van der Waals surface area contributed by atoms with Crippen LogP contribution in [0.2, 0.25) is 0 Å². The molecule has 0 N–H and O–H groups in total. The van der Waals surface area contributed by atoms with E-state index in [9.17, 15) is 8.78 Å². The number of nitrogens with zero attached hydrogens (tertiary/aromatic N) is 4. The monoisotopic (exact) mass is 414 g/mol. The number of hydrogen-bond acceptors (Lipinski definition) is 4. The van der Waals surface area contributed by atoms with Crippen LogP contribution in [0.15, 0.2) is 19.6 Å². The van der Waals surface area contributed by atoms with Gasteiger partial charge < -0.3 is 0 Å². The Bertz CT molecular complexity index is 591. The summed E-state index contributed by atoms with van der Waals surface area (Å²) in [5.41, 5.74) is 0.774. The molecule has 1 aromatic heterocycles. The zero-order chi connectivity index (χ0) is 14.2. The standard InChI is InChI=1S/C10H7Br2ClF2N4/c1-4-7(12)8(18-9(14)16-4)19-3-5(11)6(2-13)17-10(19)15/h2-3H2,1H3. The first-order valence-electron chi connectivity index (χ1n) is 5.09. The molecular formula is C10H7Br2ClF2N4. The lowest BCUT2D eigenvalue weighted by molar-refractivity contribution is 0.533. The van der Waals surface area contributed by atoms with Gasteiger partial charge in [0.1, 0.15) is 0 Å². The van der Waals surface area contributed by atoms with Gasteiger partial charge in [-0.1, -0.05) is 15.9 Å². The normalized spacial score (nSPS) is 15.9. The van der Waals surface area contributed by atoms with Gasteiger partial charge in [0.15, 0.2) is 5.82 Å². The molecule has 1 aliphatic heterocycles. The van der Waals surface area contributed by atoms with E-state index in [1.54, 1.807) is 6.92 Å². The Kier molecular flexibility index (Phi) is 4.52. The number of allylic oxidation sites excluding steroid dienone is 1. The molecule has 2 rings (SSSR count). The summed E-state index contributed by atoms with van der Waals surface area (Å²) in [5.74, 6) is 0.164. The molecule has 0 amide bonds. The maximum Gasteiger partial charge on any atom is 0.310 e. The van der Waals surface area contributed by atoms with Gasteiger partial charge in [-0.15, -0.1) is 11.6 Å². The average molecular weight is 416 g/mol. The van der Waals surface area contributed by atoms with Gasteiger partial charge in [-0.25, -0.2) is 9.98 Å². The fraction of sp³-hybridized carbons (Fsp3) is 0.300. The Morgan fingerprint density at radius 2 is 2.00 bits per heavy atom. The smallest absolute Gasteiger partial charge is 0.280 e. The molecule has 0 atom stereocenters. The number of aliphatic imine (C=N–C) groups is 1. The van der Waals surface area contributed by atoms with Gasteiger partial charge in [-0.05, 0) is 22.9 Å². The zero-order valence-corrected chi connectivity index (χ0v) is 13.5. The van der Waals surface area contributed by atoms with Crippen LogP contribution in [-0.4, -0.2) is 28.5 Å². The lowest BCUT2D eigenvalue weighted by Gasteiger charge is -2.25. The quantitative estimate of drug-likeness (QED) is 0.420. The number of aryl methyl sites for hydroxylation is 1. The van der Waals surface area contributed by atoms with E-state index in [-0.39, 0.29) is 18.2 Å².